The van der Waals surface area contributed by atoms with Crippen LogP contribution in [0.3, 0.4) is 0 Å². The quantitative estimate of drug-likeness (QED) is 0.598. The molecular weight excluding hydrogens is 187 g/mol. The van der Waals surface area contributed by atoms with Crippen LogP contribution in [0, 0.1) is 0 Å². The molecule has 1 aliphatic heterocycles. The Balaban J connectivity index is 2.42. The molecule has 0 fully saturated rings. The van der Waals surface area contributed by atoms with E-state index in [9.17, 15) is 0 Å². The van der Waals surface area contributed by atoms with Gasteiger partial charge in [-0.25, -0.2) is 0 Å². The van der Waals surface area contributed by atoms with Crippen molar-refractivity contribution in [2.75, 3.05) is 0 Å². The molecule has 0 aromatic carbocycles. The summed E-state index contributed by atoms with van der Waals surface area (Å²) in [6.07, 6.45) is 3.65. The van der Waals surface area contributed by atoms with E-state index in [-0.39, 0.29) is 0 Å². The van der Waals surface area contributed by atoms with E-state index >= 15 is 0 Å². The zero-order valence-corrected chi connectivity index (χ0v) is 7.73. The molecule has 1 heteroatoms. The Labute approximate surface area is 52.5 Å². The Kier molecular flexibility index (Phi) is 2.04. The molecule has 0 aromatic rings. The Bertz CT molecular complexity index is 94.4. The molecular formula is C6H9In. The second-order valence-electron chi connectivity index (χ2n) is 1.91. The maximum absolute atomic E-state index is 3.78. The Hall–Kier alpha value is 0.350. The molecule has 0 nitrogen and oxygen atoms in total. The number of hydrogen-bond acceptors (Lipinski definition) is 0. The van der Waals surface area contributed by atoms with E-state index in [2.05, 4.69) is 20.3 Å². The molecule has 0 N–H and O–H groups in total. The molecule has 7 heavy (non-hydrogen) atoms. The van der Waals surface area contributed by atoms with Crippen LogP contribution in [0.4, 0.5) is 0 Å². The Morgan fingerprint density at radius 3 is 2.86 bits per heavy atom. The zero-order chi connectivity index (χ0) is 5.11. The molecule has 36 valence electrons. The van der Waals surface area contributed by atoms with Crippen LogP contribution in [0.25, 0.3) is 0 Å². The molecule has 0 amide bonds. The summed E-state index contributed by atoms with van der Waals surface area (Å²) in [7, 11) is 0. The first-order valence-corrected chi connectivity index (χ1v) is 8.86. The van der Waals surface area contributed by atoms with Gasteiger partial charge in [0.1, 0.15) is 0 Å². The maximum atomic E-state index is 3.78. The van der Waals surface area contributed by atoms with E-state index < -0.39 is 21.4 Å². The monoisotopic (exact) mass is 196 g/mol. The summed E-state index contributed by atoms with van der Waals surface area (Å²) in [6.45, 7) is 3.78. The van der Waals surface area contributed by atoms with E-state index in [1.54, 1.807) is 0 Å². The third kappa shape index (κ3) is 1.37. The van der Waals surface area contributed by atoms with Crippen LogP contribution in [-0.4, -0.2) is 21.4 Å². The molecule has 0 saturated carbocycles. The summed E-state index contributed by atoms with van der Waals surface area (Å²) < 4.78 is 6.13. The molecule has 1 aliphatic rings. The number of allylic oxidation sites excluding steroid dienone is 1. The molecule has 1 heterocycles. The fourth-order valence-electron chi connectivity index (χ4n) is 0.852. The van der Waals surface area contributed by atoms with E-state index in [1.165, 1.54) is 10.6 Å². The molecule has 0 atom stereocenters. The molecule has 0 aromatic heterocycles. The predicted octanol–water partition coefficient (Wildman–Crippen LogP) is 1.71. The number of hydrogen-bond donors (Lipinski definition) is 0. The van der Waals surface area contributed by atoms with Crippen molar-refractivity contribution in [3.05, 3.63) is 20.3 Å². The SMILES string of the molecule is C=[CH][In]1[CH]=CC[CH2]1. The second-order valence-corrected chi connectivity index (χ2v) is 9.79. The molecule has 1 rings (SSSR count). The number of rotatable bonds is 1. The van der Waals surface area contributed by atoms with Gasteiger partial charge in [0.25, 0.3) is 0 Å². The van der Waals surface area contributed by atoms with Gasteiger partial charge in [-0.05, 0) is 0 Å². The molecule has 0 radical (unpaired) electrons. The normalized spacial score (nSPS) is 18.0. The first-order chi connectivity index (χ1) is 3.43. The Morgan fingerprint density at radius 1 is 1.71 bits per heavy atom. The van der Waals surface area contributed by atoms with Gasteiger partial charge in [0.2, 0.25) is 0 Å². The fraction of sp³-hybridized carbons (Fsp3) is 0.333. The van der Waals surface area contributed by atoms with Crippen LogP contribution in [0.1, 0.15) is 6.42 Å². The summed E-state index contributed by atoms with van der Waals surface area (Å²) in [6, 6.07) is 0. The van der Waals surface area contributed by atoms with Gasteiger partial charge < -0.3 is 0 Å². The third-order valence-corrected chi connectivity index (χ3v) is 8.12. The van der Waals surface area contributed by atoms with Crippen molar-refractivity contribution in [2.45, 2.75) is 10.6 Å². The summed E-state index contributed by atoms with van der Waals surface area (Å²) in [5, 5.41) is 0. The van der Waals surface area contributed by atoms with Gasteiger partial charge in [0, 0.05) is 0 Å². The average Bonchev–Trinajstić information content (AvgIpc) is 2.14. The first-order valence-electron chi connectivity index (χ1n) is 2.72. The van der Waals surface area contributed by atoms with E-state index in [1.807, 2.05) is 0 Å². The van der Waals surface area contributed by atoms with Gasteiger partial charge in [-0.3, -0.25) is 0 Å². The van der Waals surface area contributed by atoms with Crippen LogP contribution in [-0.2, 0) is 0 Å². The minimum atomic E-state index is -1.07. The van der Waals surface area contributed by atoms with Gasteiger partial charge in [-0.1, -0.05) is 0 Å². The van der Waals surface area contributed by atoms with Crippen molar-refractivity contribution in [3.63, 3.8) is 0 Å². The zero-order valence-electron chi connectivity index (χ0n) is 4.43. The van der Waals surface area contributed by atoms with Crippen LogP contribution < -0.4 is 0 Å². The topological polar surface area (TPSA) is 0 Å². The van der Waals surface area contributed by atoms with Gasteiger partial charge in [0.05, 0.1) is 0 Å². The molecule has 0 spiro atoms. The van der Waals surface area contributed by atoms with E-state index in [4.69, 9.17) is 0 Å². The minimum absolute atomic E-state index is 1.07. The van der Waals surface area contributed by atoms with Crippen molar-refractivity contribution in [1.29, 1.82) is 0 Å². The molecule has 0 unspecified atom stereocenters. The van der Waals surface area contributed by atoms with Crippen LogP contribution in [0.2, 0.25) is 4.18 Å². The van der Waals surface area contributed by atoms with Gasteiger partial charge in [-0.2, -0.15) is 0 Å². The summed E-state index contributed by atoms with van der Waals surface area (Å²) in [4.78, 5) is 0. The van der Waals surface area contributed by atoms with Gasteiger partial charge >= 0.3 is 52.4 Å². The van der Waals surface area contributed by atoms with Crippen molar-refractivity contribution in [2.24, 2.45) is 0 Å². The molecule has 0 bridgehead atoms. The van der Waals surface area contributed by atoms with Crippen LogP contribution in [0.5, 0.6) is 0 Å². The van der Waals surface area contributed by atoms with E-state index in [0.29, 0.717) is 0 Å². The average molecular weight is 196 g/mol. The van der Waals surface area contributed by atoms with Crippen LogP contribution >= 0.6 is 0 Å². The van der Waals surface area contributed by atoms with Crippen molar-refractivity contribution in [3.8, 4) is 0 Å². The van der Waals surface area contributed by atoms with Crippen molar-refractivity contribution in [1.82, 2.24) is 0 Å². The van der Waals surface area contributed by atoms with Crippen molar-refractivity contribution >= 4 is 21.4 Å². The molecule has 0 aliphatic carbocycles. The van der Waals surface area contributed by atoms with Crippen LogP contribution in [0.15, 0.2) is 20.3 Å². The summed E-state index contributed by atoms with van der Waals surface area (Å²) in [5.41, 5.74) is 0. The predicted molar refractivity (Wildman–Crippen MR) is 34.5 cm³/mol. The first kappa shape index (κ1) is 5.49. The Morgan fingerprint density at radius 2 is 2.57 bits per heavy atom. The third-order valence-electron chi connectivity index (χ3n) is 1.35. The van der Waals surface area contributed by atoms with E-state index in [0.717, 1.165) is 0 Å². The summed E-state index contributed by atoms with van der Waals surface area (Å²) in [5.74, 6) is 0. The second kappa shape index (κ2) is 2.61. The molecule has 0 saturated heterocycles. The fourth-order valence-corrected chi connectivity index (χ4v) is 5.72. The van der Waals surface area contributed by atoms with Crippen molar-refractivity contribution < 1.29 is 0 Å². The van der Waals surface area contributed by atoms with Gasteiger partial charge in [0.15, 0.2) is 0 Å². The summed E-state index contributed by atoms with van der Waals surface area (Å²) >= 11 is -1.07. The van der Waals surface area contributed by atoms with Gasteiger partial charge in [-0.15, -0.1) is 0 Å². The standard InChI is InChI=1S/C4H6.C2H3.In/c1-3-4-2;1-2;/h1,3H,2,4H2;1H,2H2;.